The van der Waals surface area contributed by atoms with Crippen molar-refractivity contribution in [2.75, 3.05) is 13.2 Å². The molecule has 128 valence electrons. The van der Waals surface area contributed by atoms with Crippen LogP contribution in [0, 0.1) is 5.92 Å². The number of amides is 1. The third kappa shape index (κ3) is 6.22. The molecule has 0 saturated heterocycles. The number of nitrogens with one attached hydrogen (secondary N) is 1. The van der Waals surface area contributed by atoms with Crippen LogP contribution in [0.1, 0.15) is 52.0 Å². The van der Waals surface area contributed by atoms with E-state index in [9.17, 15) is 4.79 Å². The molecule has 0 heterocycles. The highest BCUT2D eigenvalue weighted by molar-refractivity contribution is 5.75. The van der Waals surface area contributed by atoms with E-state index in [0.29, 0.717) is 31.9 Å². The van der Waals surface area contributed by atoms with Gasteiger partial charge in [-0.05, 0) is 48.3 Å². The largest absolute Gasteiger partial charge is 0.494 e. The number of hydrogen-bond donors (Lipinski definition) is 2. The molecule has 1 amide bonds. The Morgan fingerprint density at radius 3 is 2.52 bits per heavy atom. The second kappa shape index (κ2) is 7.82. The van der Waals surface area contributed by atoms with Crippen LogP contribution in [-0.2, 0) is 10.2 Å². The molecule has 1 aromatic rings. The van der Waals surface area contributed by atoms with Gasteiger partial charge in [-0.2, -0.15) is 0 Å². The number of carbonyl (C=O) groups is 1. The van der Waals surface area contributed by atoms with Crippen LogP contribution in [0.5, 0.6) is 5.75 Å². The summed E-state index contributed by atoms with van der Waals surface area (Å²) in [6, 6.07) is 8.31. The second-order valence-corrected chi connectivity index (χ2v) is 7.53. The molecule has 1 aromatic carbocycles. The van der Waals surface area contributed by atoms with E-state index < -0.39 is 0 Å². The lowest BCUT2D eigenvalue weighted by Crippen LogP contribution is -2.38. The van der Waals surface area contributed by atoms with Gasteiger partial charge in [0.1, 0.15) is 5.75 Å². The molecule has 1 atom stereocenters. The zero-order valence-electron chi connectivity index (χ0n) is 14.6. The standard InChI is InChI=1S/C19H30N2O2/c1-19(2,3)15-8-10-16(11-9-15)23-12-4-5-18(22)21-13-17(20)14-6-7-14/h8-11,14,17H,4-7,12-13,20H2,1-3H3,(H,21,22). The topological polar surface area (TPSA) is 64.3 Å². The van der Waals surface area contributed by atoms with Crippen molar-refractivity contribution in [1.29, 1.82) is 0 Å². The van der Waals surface area contributed by atoms with Gasteiger partial charge in [-0.15, -0.1) is 0 Å². The zero-order valence-corrected chi connectivity index (χ0v) is 14.6. The van der Waals surface area contributed by atoms with Gasteiger partial charge in [0.25, 0.3) is 0 Å². The lowest BCUT2D eigenvalue weighted by atomic mass is 9.87. The van der Waals surface area contributed by atoms with Crippen molar-refractivity contribution in [2.24, 2.45) is 11.7 Å². The predicted molar refractivity (Wildman–Crippen MR) is 93.6 cm³/mol. The highest BCUT2D eigenvalue weighted by Crippen LogP contribution is 2.31. The van der Waals surface area contributed by atoms with E-state index in [1.807, 2.05) is 12.1 Å². The van der Waals surface area contributed by atoms with Crippen LogP contribution in [0.4, 0.5) is 0 Å². The van der Waals surface area contributed by atoms with Crippen molar-refractivity contribution in [3.8, 4) is 5.75 Å². The Morgan fingerprint density at radius 1 is 1.30 bits per heavy atom. The second-order valence-electron chi connectivity index (χ2n) is 7.53. The van der Waals surface area contributed by atoms with Gasteiger partial charge in [0.15, 0.2) is 0 Å². The molecule has 1 fully saturated rings. The molecule has 0 aromatic heterocycles. The Hall–Kier alpha value is -1.55. The maximum atomic E-state index is 11.7. The van der Waals surface area contributed by atoms with E-state index in [2.05, 4.69) is 38.2 Å². The third-order valence-electron chi connectivity index (χ3n) is 4.30. The summed E-state index contributed by atoms with van der Waals surface area (Å²) in [6.07, 6.45) is 3.61. The molecule has 4 heteroatoms. The van der Waals surface area contributed by atoms with E-state index >= 15 is 0 Å². The van der Waals surface area contributed by atoms with E-state index in [0.717, 1.165) is 5.75 Å². The lowest BCUT2D eigenvalue weighted by Gasteiger charge is -2.19. The molecule has 4 nitrogen and oxygen atoms in total. The summed E-state index contributed by atoms with van der Waals surface area (Å²) in [5, 5.41) is 2.91. The summed E-state index contributed by atoms with van der Waals surface area (Å²) in [7, 11) is 0. The van der Waals surface area contributed by atoms with Gasteiger partial charge in [-0.3, -0.25) is 4.79 Å². The molecular weight excluding hydrogens is 288 g/mol. The Bertz CT molecular complexity index is 501. The predicted octanol–water partition coefficient (Wildman–Crippen LogP) is 3.00. The van der Waals surface area contributed by atoms with Gasteiger partial charge in [0.2, 0.25) is 5.91 Å². The smallest absolute Gasteiger partial charge is 0.220 e. The van der Waals surface area contributed by atoms with Crippen LogP contribution < -0.4 is 15.8 Å². The number of rotatable bonds is 8. The fourth-order valence-corrected chi connectivity index (χ4v) is 2.49. The van der Waals surface area contributed by atoms with Gasteiger partial charge in [-0.1, -0.05) is 32.9 Å². The van der Waals surface area contributed by atoms with E-state index in [4.69, 9.17) is 10.5 Å². The normalized spacial score (nSPS) is 16.0. The first-order chi connectivity index (χ1) is 10.9. The van der Waals surface area contributed by atoms with Crippen LogP contribution in [0.25, 0.3) is 0 Å². The summed E-state index contributed by atoms with van der Waals surface area (Å²) in [4.78, 5) is 11.7. The Morgan fingerprint density at radius 2 is 1.96 bits per heavy atom. The van der Waals surface area contributed by atoms with E-state index in [1.54, 1.807) is 0 Å². The highest BCUT2D eigenvalue weighted by Gasteiger charge is 2.28. The number of ether oxygens (including phenoxy) is 1. The zero-order chi connectivity index (χ0) is 16.9. The minimum Gasteiger partial charge on any atom is -0.494 e. The van der Waals surface area contributed by atoms with E-state index in [-0.39, 0.29) is 17.4 Å². The SMILES string of the molecule is CC(C)(C)c1ccc(OCCCC(=O)NCC(N)C2CC2)cc1. The molecule has 1 unspecified atom stereocenters. The Kier molecular flexibility index (Phi) is 6.05. The van der Waals surface area contributed by atoms with Crippen molar-refractivity contribution >= 4 is 5.91 Å². The molecular formula is C19H30N2O2. The average molecular weight is 318 g/mol. The third-order valence-corrected chi connectivity index (χ3v) is 4.30. The maximum absolute atomic E-state index is 11.7. The monoisotopic (exact) mass is 318 g/mol. The van der Waals surface area contributed by atoms with Gasteiger partial charge in [-0.25, -0.2) is 0 Å². The minimum atomic E-state index is 0.0628. The fourth-order valence-electron chi connectivity index (χ4n) is 2.49. The minimum absolute atomic E-state index is 0.0628. The molecule has 0 bridgehead atoms. The molecule has 23 heavy (non-hydrogen) atoms. The van der Waals surface area contributed by atoms with Crippen molar-refractivity contribution in [1.82, 2.24) is 5.32 Å². The first-order valence-corrected chi connectivity index (χ1v) is 8.62. The van der Waals surface area contributed by atoms with E-state index in [1.165, 1.54) is 18.4 Å². The number of hydrogen-bond acceptors (Lipinski definition) is 3. The summed E-state index contributed by atoms with van der Waals surface area (Å²) < 4.78 is 5.69. The van der Waals surface area contributed by atoms with Crippen molar-refractivity contribution in [3.63, 3.8) is 0 Å². The van der Waals surface area contributed by atoms with Crippen LogP contribution in [0.2, 0.25) is 0 Å². The highest BCUT2D eigenvalue weighted by atomic mass is 16.5. The van der Waals surface area contributed by atoms with Crippen molar-refractivity contribution < 1.29 is 9.53 Å². The van der Waals surface area contributed by atoms with Gasteiger partial charge in [0, 0.05) is 19.0 Å². The molecule has 2 rings (SSSR count). The Balaban J connectivity index is 1.60. The first-order valence-electron chi connectivity index (χ1n) is 8.62. The summed E-state index contributed by atoms with van der Waals surface area (Å²) in [5.41, 5.74) is 7.40. The Labute approximate surface area is 139 Å². The van der Waals surface area contributed by atoms with Crippen LogP contribution in [0.15, 0.2) is 24.3 Å². The van der Waals surface area contributed by atoms with Crippen LogP contribution in [0.3, 0.4) is 0 Å². The molecule has 0 aliphatic heterocycles. The van der Waals surface area contributed by atoms with Gasteiger partial charge >= 0.3 is 0 Å². The van der Waals surface area contributed by atoms with Crippen LogP contribution in [-0.4, -0.2) is 25.1 Å². The fraction of sp³-hybridized carbons (Fsp3) is 0.632. The molecule has 0 spiro atoms. The summed E-state index contributed by atoms with van der Waals surface area (Å²) in [6.45, 7) is 7.72. The summed E-state index contributed by atoms with van der Waals surface area (Å²) >= 11 is 0. The first kappa shape index (κ1) is 17.8. The molecule has 0 radical (unpaired) electrons. The number of nitrogens with two attached hydrogens (primary N) is 1. The lowest BCUT2D eigenvalue weighted by molar-refractivity contribution is -0.121. The van der Waals surface area contributed by atoms with Crippen molar-refractivity contribution in [2.45, 2.75) is 57.9 Å². The molecule has 1 aliphatic rings. The van der Waals surface area contributed by atoms with Gasteiger partial charge in [0.05, 0.1) is 6.61 Å². The quantitative estimate of drug-likeness (QED) is 0.724. The molecule has 3 N–H and O–H groups in total. The van der Waals surface area contributed by atoms with Crippen molar-refractivity contribution in [3.05, 3.63) is 29.8 Å². The number of benzene rings is 1. The summed E-state index contributed by atoms with van der Waals surface area (Å²) in [5.74, 6) is 1.54. The van der Waals surface area contributed by atoms with Crippen LogP contribution >= 0.6 is 0 Å². The number of carbonyl (C=O) groups excluding carboxylic acids is 1. The molecule has 1 aliphatic carbocycles. The average Bonchev–Trinajstić information content (AvgIpc) is 3.33. The van der Waals surface area contributed by atoms with Gasteiger partial charge < -0.3 is 15.8 Å². The maximum Gasteiger partial charge on any atom is 0.220 e. The molecule has 1 saturated carbocycles.